The fraction of sp³-hybridized carbons (Fsp3) is 0.733. The van der Waals surface area contributed by atoms with Gasteiger partial charge in [-0.3, -0.25) is 0 Å². The standard InChI is InChI=1S/C15H23NO4/c1-6-8(2)9(3)14-13-11(19-10(4)16-13)7-12(20-14)15(17)18-5/h7-9,11,13-14H,6H2,1-5H3/t8-,9-,11-,13-,14+/m1/s1. The van der Waals surface area contributed by atoms with Gasteiger partial charge in [0.25, 0.3) is 0 Å². The minimum absolute atomic E-state index is 0.0765. The van der Waals surface area contributed by atoms with Gasteiger partial charge < -0.3 is 14.2 Å². The third kappa shape index (κ3) is 2.67. The quantitative estimate of drug-likeness (QED) is 0.742. The van der Waals surface area contributed by atoms with Crippen LogP contribution in [0.4, 0.5) is 0 Å². The Morgan fingerprint density at radius 2 is 2.15 bits per heavy atom. The number of fused-ring (bicyclic) bond motifs is 1. The van der Waals surface area contributed by atoms with Gasteiger partial charge in [-0.05, 0) is 11.8 Å². The van der Waals surface area contributed by atoms with Crippen molar-refractivity contribution in [3.8, 4) is 0 Å². The minimum atomic E-state index is -0.460. The molecule has 0 aromatic rings. The summed E-state index contributed by atoms with van der Waals surface area (Å²) in [6.45, 7) is 8.30. The highest BCUT2D eigenvalue weighted by molar-refractivity contribution is 5.87. The molecule has 5 nitrogen and oxygen atoms in total. The number of nitrogens with zero attached hydrogens (tertiary/aromatic N) is 1. The lowest BCUT2D eigenvalue weighted by Crippen LogP contribution is -2.45. The number of ether oxygens (including phenoxy) is 3. The molecular formula is C15H23NO4. The molecule has 2 rings (SSSR count). The van der Waals surface area contributed by atoms with Crippen molar-refractivity contribution in [2.45, 2.75) is 52.4 Å². The molecule has 0 amide bonds. The second kappa shape index (κ2) is 5.85. The maximum Gasteiger partial charge on any atom is 0.373 e. The van der Waals surface area contributed by atoms with Crippen LogP contribution in [0.3, 0.4) is 0 Å². The number of hydrogen-bond donors (Lipinski definition) is 0. The molecule has 0 unspecified atom stereocenters. The zero-order valence-electron chi connectivity index (χ0n) is 12.8. The Bertz CT molecular complexity index is 443. The highest BCUT2D eigenvalue weighted by atomic mass is 16.6. The summed E-state index contributed by atoms with van der Waals surface area (Å²) in [5.74, 6) is 1.18. The largest absolute Gasteiger partial charge is 0.481 e. The summed E-state index contributed by atoms with van der Waals surface area (Å²) in [7, 11) is 1.35. The molecule has 0 saturated carbocycles. The Kier molecular flexibility index (Phi) is 4.35. The van der Waals surface area contributed by atoms with Crippen LogP contribution in [-0.4, -0.2) is 37.2 Å². The number of esters is 1. The molecule has 2 heterocycles. The number of rotatable bonds is 4. The normalized spacial score (nSPS) is 31.1. The van der Waals surface area contributed by atoms with E-state index in [4.69, 9.17) is 14.2 Å². The van der Waals surface area contributed by atoms with E-state index < -0.39 is 5.97 Å². The third-order valence-corrected chi connectivity index (χ3v) is 4.34. The minimum Gasteiger partial charge on any atom is -0.481 e. The fourth-order valence-electron chi connectivity index (χ4n) is 2.71. The molecule has 2 aliphatic rings. The van der Waals surface area contributed by atoms with Crippen LogP contribution in [0.25, 0.3) is 0 Å². The predicted octanol–water partition coefficient (Wildman–Crippen LogP) is 2.31. The topological polar surface area (TPSA) is 57.1 Å². The van der Waals surface area contributed by atoms with Gasteiger partial charge in [-0.1, -0.05) is 27.2 Å². The zero-order valence-corrected chi connectivity index (χ0v) is 12.8. The Morgan fingerprint density at radius 1 is 1.45 bits per heavy atom. The molecule has 0 fully saturated rings. The maximum atomic E-state index is 11.7. The van der Waals surface area contributed by atoms with Crippen molar-refractivity contribution in [1.82, 2.24) is 0 Å². The van der Waals surface area contributed by atoms with Crippen molar-refractivity contribution in [2.75, 3.05) is 7.11 Å². The lowest BCUT2D eigenvalue weighted by atomic mass is 9.83. The van der Waals surface area contributed by atoms with Crippen molar-refractivity contribution in [2.24, 2.45) is 16.8 Å². The average molecular weight is 281 g/mol. The van der Waals surface area contributed by atoms with E-state index in [0.29, 0.717) is 11.8 Å². The Balaban J connectivity index is 2.26. The molecular weight excluding hydrogens is 258 g/mol. The van der Waals surface area contributed by atoms with Gasteiger partial charge in [-0.2, -0.15) is 0 Å². The van der Waals surface area contributed by atoms with E-state index in [-0.39, 0.29) is 29.9 Å². The fourth-order valence-corrected chi connectivity index (χ4v) is 2.71. The first-order chi connectivity index (χ1) is 9.47. The van der Waals surface area contributed by atoms with Crippen LogP contribution in [0.5, 0.6) is 0 Å². The molecule has 5 heteroatoms. The molecule has 0 N–H and O–H groups in total. The van der Waals surface area contributed by atoms with Gasteiger partial charge >= 0.3 is 5.97 Å². The molecule has 112 valence electrons. The molecule has 0 spiro atoms. The highest BCUT2D eigenvalue weighted by Gasteiger charge is 2.45. The lowest BCUT2D eigenvalue weighted by molar-refractivity contribution is -0.143. The van der Waals surface area contributed by atoms with Crippen molar-refractivity contribution < 1.29 is 19.0 Å². The summed E-state index contributed by atoms with van der Waals surface area (Å²) in [6, 6.07) is -0.0765. The first-order valence-electron chi connectivity index (χ1n) is 7.15. The van der Waals surface area contributed by atoms with E-state index in [2.05, 4.69) is 25.8 Å². The maximum absolute atomic E-state index is 11.7. The second-order valence-electron chi connectivity index (χ2n) is 5.57. The average Bonchev–Trinajstić information content (AvgIpc) is 2.83. The number of hydrogen-bond acceptors (Lipinski definition) is 5. The summed E-state index contributed by atoms with van der Waals surface area (Å²) in [4.78, 5) is 16.3. The van der Waals surface area contributed by atoms with Crippen molar-refractivity contribution >= 4 is 11.9 Å². The summed E-state index contributed by atoms with van der Waals surface area (Å²) >= 11 is 0. The summed E-state index contributed by atoms with van der Waals surface area (Å²) < 4.78 is 16.3. The molecule has 0 saturated heterocycles. The predicted molar refractivity (Wildman–Crippen MR) is 75.4 cm³/mol. The molecule has 0 aromatic carbocycles. The van der Waals surface area contributed by atoms with E-state index in [1.165, 1.54) is 7.11 Å². The molecule has 5 atom stereocenters. The first-order valence-corrected chi connectivity index (χ1v) is 7.15. The van der Waals surface area contributed by atoms with Crippen LogP contribution in [0.2, 0.25) is 0 Å². The Labute approximate surface area is 120 Å². The van der Waals surface area contributed by atoms with Gasteiger partial charge in [0, 0.05) is 13.0 Å². The van der Waals surface area contributed by atoms with Crippen molar-refractivity contribution in [3.63, 3.8) is 0 Å². The molecule has 2 aliphatic heterocycles. The monoisotopic (exact) mass is 281 g/mol. The summed E-state index contributed by atoms with van der Waals surface area (Å²) in [6.07, 6.45) is 2.34. The SMILES string of the molecule is CC[C@@H](C)[C@@H](C)[C@@H]1OC(C(=O)OC)=C[C@H]2OC(C)=N[C@@H]12. The third-order valence-electron chi connectivity index (χ3n) is 4.34. The van der Waals surface area contributed by atoms with E-state index in [0.717, 1.165) is 6.42 Å². The Hall–Kier alpha value is -1.52. The lowest BCUT2D eigenvalue weighted by Gasteiger charge is -2.36. The number of aliphatic imine (C=N–C) groups is 1. The molecule has 0 bridgehead atoms. The summed E-state index contributed by atoms with van der Waals surface area (Å²) in [5.41, 5.74) is 0. The zero-order chi connectivity index (χ0) is 14.9. The summed E-state index contributed by atoms with van der Waals surface area (Å²) in [5, 5.41) is 0. The molecule has 20 heavy (non-hydrogen) atoms. The molecule has 0 radical (unpaired) electrons. The van der Waals surface area contributed by atoms with Gasteiger partial charge in [0.05, 0.1) is 7.11 Å². The number of carbonyl (C=O) groups is 1. The van der Waals surface area contributed by atoms with Gasteiger partial charge in [0.2, 0.25) is 5.76 Å². The van der Waals surface area contributed by atoms with Gasteiger partial charge in [0.1, 0.15) is 18.2 Å². The van der Waals surface area contributed by atoms with Crippen LogP contribution in [0.1, 0.15) is 34.1 Å². The Morgan fingerprint density at radius 3 is 2.75 bits per heavy atom. The van der Waals surface area contributed by atoms with Crippen LogP contribution in [0, 0.1) is 11.8 Å². The van der Waals surface area contributed by atoms with E-state index >= 15 is 0 Å². The molecule has 0 aliphatic carbocycles. The van der Waals surface area contributed by atoms with Crippen LogP contribution in [-0.2, 0) is 19.0 Å². The van der Waals surface area contributed by atoms with E-state index in [1.54, 1.807) is 6.08 Å². The first kappa shape index (κ1) is 14.9. The van der Waals surface area contributed by atoms with E-state index in [1.807, 2.05) is 6.92 Å². The van der Waals surface area contributed by atoms with Crippen LogP contribution < -0.4 is 0 Å². The van der Waals surface area contributed by atoms with Gasteiger partial charge in [-0.25, -0.2) is 9.79 Å². The highest BCUT2D eigenvalue weighted by Crippen LogP contribution is 2.34. The van der Waals surface area contributed by atoms with Gasteiger partial charge in [-0.15, -0.1) is 0 Å². The van der Waals surface area contributed by atoms with Crippen LogP contribution >= 0.6 is 0 Å². The second-order valence-corrected chi connectivity index (χ2v) is 5.57. The van der Waals surface area contributed by atoms with Crippen LogP contribution in [0.15, 0.2) is 16.8 Å². The smallest absolute Gasteiger partial charge is 0.373 e. The molecule has 0 aromatic heterocycles. The number of methoxy groups -OCH3 is 1. The van der Waals surface area contributed by atoms with E-state index in [9.17, 15) is 4.79 Å². The number of carbonyl (C=O) groups excluding carboxylic acids is 1. The van der Waals surface area contributed by atoms with Gasteiger partial charge in [0.15, 0.2) is 5.90 Å². The van der Waals surface area contributed by atoms with Crippen molar-refractivity contribution in [1.29, 1.82) is 0 Å². The van der Waals surface area contributed by atoms with Crippen molar-refractivity contribution in [3.05, 3.63) is 11.8 Å².